The van der Waals surface area contributed by atoms with Crippen LogP contribution >= 0.6 is 15.9 Å². The fraction of sp³-hybridized carbons (Fsp3) is 0.276. The minimum atomic E-state index is -0.146. The Morgan fingerprint density at radius 2 is 1.68 bits per heavy atom. The van der Waals surface area contributed by atoms with E-state index < -0.39 is 0 Å². The van der Waals surface area contributed by atoms with Crippen LogP contribution in [0.25, 0.3) is 16.6 Å². The summed E-state index contributed by atoms with van der Waals surface area (Å²) in [5, 5.41) is 3.56. The molecule has 1 aliphatic heterocycles. The molecule has 5 rings (SSSR count). The smallest absolute Gasteiger partial charge is 0.321 e. The Hall–Kier alpha value is -3.69. The second kappa shape index (κ2) is 11.4. The van der Waals surface area contributed by atoms with Gasteiger partial charge < -0.3 is 15.0 Å². The Morgan fingerprint density at radius 3 is 2.39 bits per heavy atom. The first-order chi connectivity index (χ1) is 18.5. The summed E-state index contributed by atoms with van der Waals surface area (Å²) in [6.07, 6.45) is 0. The minimum absolute atomic E-state index is 0.104. The van der Waals surface area contributed by atoms with Gasteiger partial charge in [-0.15, -0.1) is 0 Å². The summed E-state index contributed by atoms with van der Waals surface area (Å²) in [6, 6.07) is 22.3. The highest BCUT2D eigenvalue weighted by Crippen LogP contribution is 2.26. The second-order valence-electron chi connectivity index (χ2n) is 9.16. The minimum Gasteiger partial charge on any atom is -0.494 e. The molecule has 196 valence electrons. The lowest BCUT2D eigenvalue weighted by Crippen LogP contribution is -2.51. The molecular formula is C29H30BrN5O3. The van der Waals surface area contributed by atoms with Gasteiger partial charge in [-0.25, -0.2) is 9.78 Å². The summed E-state index contributed by atoms with van der Waals surface area (Å²) in [5.74, 6) is 1.42. The summed E-state index contributed by atoms with van der Waals surface area (Å²) in [4.78, 5) is 35.6. The Morgan fingerprint density at radius 1 is 1.00 bits per heavy atom. The summed E-state index contributed by atoms with van der Waals surface area (Å²) in [6.45, 7) is 7.05. The molecule has 1 fully saturated rings. The van der Waals surface area contributed by atoms with Crippen LogP contribution in [0.5, 0.6) is 5.75 Å². The number of amides is 2. The van der Waals surface area contributed by atoms with Gasteiger partial charge in [0, 0.05) is 30.7 Å². The van der Waals surface area contributed by atoms with Gasteiger partial charge in [0.2, 0.25) is 0 Å². The number of rotatable bonds is 6. The van der Waals surface area contributed by atoms with Crippen LogP contribution in [0.15, 0.2) is 82.1 Å². The van der Waals surface area contributed by atoms with Crippen LogP contribution in [0, 0.1) is 0 Å². The van der Waals surface area contributed by atoms with Gasteiger partial charge in [-0.1, -0.05) is 24.3 Å². The maximum absolute atomic E-state index is 13.7. The molecule has 2 heterocycles. The fourth-order valence-electron chi connectivity index (χ4n) is 4.77. The average molecular weight is 576 g/mol. The number of hydrogen-bond donors (Lipinski definition) is 1. The summed E-state index contributed by atoms with van der Waals surface area (Å²) >= 11 is 3.48. The van der Waals surface area contributed by atoms with Crippen molar-refractivity contribution in [1.29, 1.82) is 0 Å². The molecule has 1 aromatic heterocycles. The number of piperazine rings is 1. The Balaban J connectivity index is 1.39. The zero-order valence-electron chi connectivity index (χ0n) is 21.4. The number of benzene rings is 3. The van der Waals surface area contributed by atoms with E-state index in [9.17, 15) is 9.59 Å². The molecule has 1 atom stereocenters. The number of ether oxygens (including phenoxy) is 1. The number of urea groups is 1. The fourth-order valence-corrected chi connectivity index (χ4v) is 5.15. The van der Waals surface area contributed by atoms with Gasteiger partial charge in [0.05, 0.1) is 34.9 Å². The number of para-hydroxylation sites is 2. The number of carbonyl (C=O) groups is 1. The molecule has 3 aromatic carbocycles. The largest absolute Gasteiger partial charge is 0.494 e. The van der Waals surface area contributed by atoms with E-state index in [0.717, 1.165) is 21.6 Å². The van der Waals surface area contributed by atoms with Gasteiger partial charge in [0.1, 0.15) is 11.6 Å². The van der Waals surface area contributed by atoms with Crippen LogP contribution < -0.4 is 15.6 Å². The maximum Gasteiger partial charge on any atom is 0.321 e. The van der Waals surface area contributed by atoms with E-state index in [2.05, 4.69) is 33.1 Å². The van der Waals surface area contributed by atoms with Gasteiger partial charge in [-0.3, -0.25) is 14.3 Å². The van der Waals surface area contributed by atoms with E-state index >= 15 is 0 Å². The summed E-state index contributed by atoms with van der Waals surface area (Å²) in [7, 11) is 0. The van der Waals surface area contributed by atoms with Crippen LogP contribution in [0.4, 0.5) is 10.5 Å². The van der Waals surface area contributed by atoms with Gasteiger partial charge >= 0.3 is 6.03 Å². The highest BCUT2D eigenvalue weighted by Gasteiger charge is 2.28. The maximum atomic E-state index is 13.7. The first-order valence-corrected chi connectivity index (χ1v) is 13.5. The first kappa shape index (κ1) is 25.9. The molecule has 38 heavy (non-hydrogen) atoms. The molecule has 0 aliphatic carbocycles. The van der Waals surface area contributed by atoms with Crippen LogP contribution in [0.2, 0.25) is 0 Å². The lowest BCUT2D eigenvalue weighted by Gasteiger charge is -2.38. The van der Waals surface area contributed by atoms with Gasteiger partial charge in [-0.2, -0.15) is 0 Å². The number of anilines is 1. The van der Waals surface area contributed by atoms with Crippen molar-refractivity contribution in [2.24, 2.45) is 0 Å². The van der Waals surface area contributed by atoms with Crippen molar-refractivity contribution in [2.75, 3.05) is 38.1 Å². The van der Waals surface area contributed by atoms with Crippen molar-refractivity contribution in [1.82, 2.24) is 19.4 Å². The Kier molecular flexibility index (Phi) is 7.76. The van der Waals surface area contributed by atoms with Crippen LogP contribution in [-0.4, -0.2) is 58.2 Å². The summed E-state index contributed by atoms with van der Waals surface area (Å²) in [5.41, 5.74) is 2.05. The second-order valence-corrected chi connectivity index (χ2v) is 10.0. The topological polar surface area (TPSA) is 79.7 Å². The highest BCUT2D eigenvalue weighted by molar-refractivity contribution is 9.10. The van der Waals surface area contributed by atoms with Gasteiger partial charge in [0.15, 0.2) is 0 Å². The normalized spacial score (nSPS) is 14.9. The van der Waals surface area contributed by atoms with Crippen molar-refractivity contribution in [3.05, 3.63) is 93.4 Å². The number of fused-ring (bicyclic) bond motifs is 1. The molecule has 9 heteroatoms. The van der Waals surface area contributed by atoms with E-state index in [4.69, 9.17) is 9.72 Å². The van der Waals surface area contributed by atoms with E-state index in [1.54, 1.807) is 4.57 Å². The number of nitrogens with zero attached hydrogens (tertiary/aromatic N) is 4. The predicted octanol–water partition coefficient (Wildman–Crippen LogP) is 5.46. The Bertz CT molecular complexity index is 1500. The van der Waals surface area contributed by atoms with Crippen molar-refractivity contribution in [3.8, 4) is 11.4 Å². The van der Waals surface area contributed by atoms with E-state index in [0.29, 0.717) is 49.5 Å². The number of aromatic nitrogens is 2. The summed E-state index contributed by atoms with van der Waals surface area (Å²) < 4.78 is 8.14. The molecular weight excluding hydrogens is 546 g/mol. The van der Waals surface area contributed by atoms with Crippen molar-refractivity contribution >= 4 is 38.6 Å². The molecule has 2 amide bonds. The molecule has 0 saturated carbocycles. The van der Waals surface area contributed by atoms with Crippen LogP contribution in [0.3, 0.4) is 0 Å². The molecule has 1 aliphatic rings. The Labute approximate surface area is 230 Å². The number of halogens is 1. The van der Waals surface area contributed by atoms with Gasteiger partial charge in [-0.05, 0) is 78.3 Å². The molecule has 0 bridgehead atoms. The van der Waals surface area contributed by atoms with Crippen LogP contribution in [-0.2, 0) is 0 Å². The zero-order chi connectivity index (χ0) is 26.6. The van der Waals surface area contributed by atoms with E-state index in [1.165, 1.54) is 0 Å². The van der Waals surface area contributed by atoms with E-state index in [-0.39, 0.29) is 17.6 Å². The molecule has 1 saturated heterocycles. The first-order valence-electron chi connectivity index (χ1n) is 12.8. The molecule has 8 nitrogen and oxygen atoms in total. The van der Waals surface area contributed by atoms with Crippen molar-refractivity contribution in [2.45, 2.75) is 19.9 Å². The SMILES string of the molecule is CCOc1ccc(-n2c(C(C)N3CCN(C(=O)Nc4ccccc4Br)CC3)nc3ccccc3c2=O)cc1. The zero-order valence-corrected chi connectivity index (χ0v) is 23.0. The van der Waals surface area contributed by atoms with Crippen molar-refractivity contribution < 1.29 is 9.53 Å². The van der Waals surface area contributed by atoms with Crippen molar-refractivity contribution in [3.63, 3.8) is 0 Å². The number of hydrogen-bond acceptors (Lipinski definition) is 5. The molecule has 0 spiro atoms. The van der Waals surface area contributed by atoms with Gasteiger partial charge in [0.25, 0.3) is 5.56 Å². The molecule has 1 unspecified atom stereocenters. The lowest BCUT2D eigenvalue weighted by atomic mass is 10.1. The quantitative estimate of drug-likeness (QED) is 0.330. The number of nitrogens with one attached hydrogen (secondary N) is 1. The molecule has 4 aromatic rings. The average Bonchev–Trinajstić information content (AvgIpc) is 2.95. The third kappa shape index (κ3) is 5.30. The monoisotopic (exact) mass is 575 g/mol. The predicted molar refractivity (Wildman–Crippen MR) is 153 cm³/mol. The molecule has 0 radical (unpaired) electrons. The highest BCUT2D eigenvalue weighted by atomic mass is 79.9. The standard InChI is InChI=1S/C29H30BrN5O3/c1-3-38-22-14-12-21(13-15-22)35-27(31-25-10-6-4-8-23(25)28(35)36)20(2)33-16-18-34(19-17-33)29(37)32-26-11-7-5-9-24(26)30/h4-15,20H,3,16-19H2,1-2H3,(H,32,37). The van der Waals surface area contributed by atoms with Crippen LogP contribution in [0.1, 0.15) is 25.7 Å². The lowest BCUT2D eigenvalue weighted by molar-refractivity contribution is 0.115. The van der Waals surface area contributed by atoms with E-state index in [1.807, 2.05) is 84.6 Å². The third-order valence-electron chi connectivity index (χ3n) is 6.85. The number of carbonyl (C=O) groups excluding carboxylic acids is 1. The molecule has 1 N–H and O–H groups in total. The third-order valence-corrected chi connectivity index (χ3v) is 7.54.